The van der Waals surface area contributed by atoms with Crippen LogP contribution in [0.5, 0.6) is 0 Å². The molecule has 0 amide bonds. The monoisotopic (exact) mass is 257 g/mol. The van der Waals surface area contributed by atoms with Gasteiger partial charge < -0.3 is 10.3 Å². The first-order valence-electron chi connectivity index (χ1n) is 7.18. The zero-order valence-electron chi connectivity index (χ0n) is 11.9. The van der Waals surface area contributed by atoms with Crippen molar-refractivity contribution in [3.63, 3.8) is 0 Å². The number of nitrogens with zero attached hydrogens (tertiary/aromatic N) is 2. The Labute approximate surface area is 115 Å². The van der Waals surface area contributed by atoms with Crippen LogP contribution in [0, 0.1) is 0 Å². The van der Waals surface area contributed by atoms with Gasteiger partial charge in [0.1, 0.15) is 11.6 Å². The van der Waals surface area contributed by atoms with Crippen molar-refractivity contribution in [2.75, 3.05) is 5.73 Å². The molecule has 2 rings (SSSR count). The number of aromatic nitrogens is 2. The van der Waals surface area contributed by atoms with Crippen molar-refractivity contribution in [2.24, 2.45) is 0 Å². The third kappa shape index (κ3) is 2.98. The number of rotatable bonds is 6. The molecule has 0 aliphatic rings. The van der Waals surface area contributed by atoms with Gasteiger partial charge in [0.15, 0.2) is 0 Å². The molecule has 19 heavy (non-hydrogen) atoms. The third-order valence-corrected chi connectivity index (χ3v) is 3.34. The lowest BCUT2D eigenvalue weighted by Gasteiger charge is -2.09. The highest BCUT2D eigenvalue weighted by atomic mass is 15.1. The fraction of sp³-hybridized carbons (Fsp3) is 0.438. The molecule has 0 radical (unpaired) electrons. The van der Waals surface area contributed by atoms with Gasteiger partial charge in [0, 0.05) is 12.1 Å². The van der Waals surface area contributed by atoms with Gasteiger partial charge in [-0.3, -0.25) is 0 Å². The maximum Gasteiger partial charge on any atom is 0.141 e. The Balaban J connectivity index is 2.43. The van der Waals surface area contributed by atoms with Crippen molar-refractivity contribution in [1.29, 1.82) is 0 Å². The molecule has 0 spiro atoms. The number of imidazole rings is 1. The van der Waals surface area contributed by atoms with Gasteiger partial charge in [-0.1, -0.05) is 57.0 Å². The minimum absolute atomic E-state index is 0.842. The van der Waals surface area contributed by atoms with Gasteiger partial charge in [-0.2, -0.15) is 0 Å². The molecule has 2 aromatic rings. The molecule has 0 bridgehead atoms. The molecule has 102 valence electrons. The number of unbranched alkanes of at least 4 members (excludes halogenated alkanes) is 1. The molecule has 0 saturated carbocycles. The zero-order chi connectivity index (χ0) is 13.7. The van der Waals surface area contributed by atoms with Crippen LogP contribution < -0.4 is 5.73 Å². The van der Waals surface area contributed by atoms with Crippen LogP contribution >= 0.6 is 0 Å². The Hall–Kier alpha value is -1.77. The molecule has 2 N–H and O–H groups in total. The van der Waals surface area contributed by atoms with E-state index in [1.54, 1.807) is 0 Å². The summed E-state index contributed by atoms with van der Waals surface area (Å²) in [5, 5.41) is 0. The van der Waals surface area contributed by atoms with E-state index in [9.17, 15) is 0 Å². The summed E-state index contributed by atoms with van der Waals surface area (Å²) in [6.45, 7) is 5.30. The van der Waals surface area contributed by atoms with Crippen molar-refractivity contribution in [3.8, 4) is 11.4 Å². The van der Waals surface area contributed by atoms with Crippen LogP contribution in [0.2, 0.25) is 0 Å². The minimum Gasteiger partial charge on any atom is -0.384 e. The molecular formula is C16H23N3. The summed E-state index contributed by atoms with van der Waals surface area (Å²) in [4.78, 5) is 4.76. The fourth-order valence-corrected chi connectivity index (χ4v) is 2.29. The van der Waals surface area contributed by atoms with E-state index in [1.165, 1.54) is 0 Å². The van der Waals surface area contributed by atoms with Crippen LogP contribution in [0.1, 0.15) is 38.8 Å². The Morgan fingerprint density at radius 2 is 1.84 bits per heavy atom. The minimum atomic E-state index is 0.842. The van der Waals surface area contributed by atoms with E-state index in [-0.39, 0.29) is 0 Å². The first-order chi connectivity index (χ1) is 9.27. The molecule has 0 unspecified atom stereocenters. The summed E-state index contributed by atoms with van der Waals surface area (Å²) in [7, 11) is 0. The number of benzene rings is 1. The van der Waals surface area contributed by atoms with Gasteiger partial charge in [0.2, 0.25) is 0 Å². The average molecular weight is 257 g/mol. The molecule has 1 aromatic carbocycles. The third-order valence-electron chi connectivity index (χ3n) is 3.34. The van der Waals surface area contributed by atoms with Gasteiger partial charge in [-0.15, -0.1) is 0 Å². The van der Waals surface area contributed by atoms with Crippen LogP contribution in [0.25, 0.3) is 11.4 Å². The largest absolute Gasteiger partial charge is 0.384 e. The summed E-state index contributed by atoms with van der Waals surface area (Å²) < 4.78 is 2.17. The number of nitrogen functional groups attached to an aromatic ring is 1. The molecule has 0 aliphatic heterocycles. The summed E-state index contributed by atoms with van der Waals surface area (Å²) in [6, 6.07) is 10.3. The summed E-state index contributed by atoms with van der Waals surface area (Å²) in [5.41, 5.74) is 8.45. The molecule has 0 saturated heterocycles. The zero-order valence-corrected chi connectivity index (χ0v) is 11.9. The SMILES string of the molecule is CCCCn1c(-c2ccccc2)nc(CCC)c1N. The predicted molar refractivity (Wildman–Crippen MR) is 81.0 cm³/mol. The average Bonchev–Trinajstić information content (AvgIpc) is 2.75. The topological polar surface area (TPSA) is 43.8 Å². The van der Waals surface area contributed by atoms with Gasteiger partial charge >= 0.3 is 0 Å². The number of hydrogen-bond acceptors (Lipinski definition) is 2. The van der Waals surface area contributed by atoms with Gasteiger partial charge in [0.25, 0.3) is 0 Å². The standard InChI is InChI=1S/C16H23N3/c1-3-5-12-19-15(17)14(9-4-2)18-16(19)13-10-7-6-8-11-13/h6-8,10-11H,3-5,9,12,17H2,1-2H3. The second kappa shape index (κ2) is 6.41. The van der Waals surface area contributed by atoms with E-state index in [4.69, 9.17) is 10.7 Å². The fourth-order valence-electron chi connectivity index (χ4n) is 2.29. The Bertz CT molecular complexity index is 514. The lowest BCUT2D eigenvalue weighted by molar-refractivity contribution is 0.642. The van der Waals surface area contributed by atoms with Crippen LogP contribution in [0.4, 0.5) is 5.82 Å². The van der Waals surface area contributed by atoms with Gasteiger partial charge in [0.05, 0.1) is 5.69 Å². The normalized spacial score (nSPS) is 10.8. The smallest absolute Gasteiger partial charge is 0.141 e. The molecule has 1 heterocycles. The molecule has 0 aliphatic carbocycles. The van der Waals surface area contributed by atoms with E-state index >= 15 is 0 Å². The molecular weight excluding hydrogens is 234 g/mol. The first-order valence-corrected chi connectivity index (χ1v) is 7.18. The maximum atomic E-state index is 6.27. The molecule has 0 atom stereocenters. The number of aryl methyl sites for hydroxylation is 1. The number of nitrogens with two attached hydrogens (primary N) is 1. The maximum absolute atomic E-state index is 6.27. The summed E-state index contributed by atoms with van der Waals surface area (Å²) >= 11 is 0. The van der Waals surface area contributed by atoms with Crippen molar-refractivity contribution < 1.29 is 0 Å². The quantitative estimate of drug-likeness (QED) is 0.853. The number of hydrogen-bond donors (Lipinski definition) is 1. The van der Waals surface area contributed by atoms with E-state index in [0.717, 1.165) is 55.1 Å². The van der Waals surface area contributed by atoms with E-state index in [0.29, 0.717) is 0 Å². The Kier molecular flexibility index (Phi) is 4.61. The highest BCUT2D eigenvalue weighted by Gasteiger charge is 2.14. The van der Waals surface area contributed by atoms with E-state index in [2.05, 4.69) is 30.5 Å². The Morgan fingerprint density at radius 3 is 2.47 bits per heavy atom. The Morgan fingerprint density at radius 1 is 1.11 bits per heavy atom. The van der Waals surface area contributed by atoms with E-state index in [1.807, 2.05) is 18.2 Å². The predicted octanol–water partition coefficient (Wildman–Crippen LogP) is 3.88. The van der Waals surface area contributed by atoms with Crippen LogP contribution in [0.3, 0.4) is 0 Å². The molecule has 1 aromatic heterocycles. The van der Waals surface area contributed by atoms with Crippen molar-refractivity contribution in [1.82, 2.24) is 9.55 Å². The van der Waals surface area contributed by atoms with Crippen LogP contribution in [-0.2, 0) is 13.0 Å². The van der Waals surface area contributed by atoms with Crippen molar-refractivity contribution in [2.45, 2.75) is 46.1 Å². The van der Waals surface area contributed by atoms with Gasteiger partial charge in [-0.25, -0.2) is 4.98 Å². The highest BCUT2D eigenvalue weighted by molar-refractivity contribution is 5.60. The van der Waals surface area contributed by atoms with Crippen LogP contribution in [0.15, 0.2) is 30.3 Å². The highest BCUT2D eigenvalue weighted by Crippen LogP contribution is 2.25. The molecule has 0 fully saturated rings. The lowest BCUT2D eigenvalue weighted by atomic mass is 10.2. The van der Waals surface area contributed by atoms with Crippen molar-refractivity contribution >= 4 is 5.82 Å². The first kappa shape index (κ1) is 13.7. The van der Waals surface area contributed by atoms with E-state index < -0.39 is 0 Å². The lowest BCUT2D eigenvalue weighted by Crippen LogP contribution is -2.05. The second-order valence-corrected chi connectivity index (χ2v) is 4.89. The second-order valence-electron chi connectivity index (χ2n) is 4.89. The van der Waals surface area contributed by atoms with Crippen LogP contribution in [-0.4, -0.2) is 9.55 Å². The van der Waals surface area contributed by atoms with Gasteiger partial charge in [-0.05, 0) is 12.8 Å². The molecule has 3 heteroatoms. The van der Waals surface area contributed by atoms with Crippen molar-refractivity contribution in [3.05, 3.63) is 36.0 Å². The molecule has 3 nitrogen and oxygen atoms in total. The number of anilines is 1. The summed E-state index contributed by atoms with van der Waals surface area (Å²) in [5.74, 6) is 1.85. The summed E-state index contributed by atoms with van der Waals surface area (Å²) in [6.07, 6.45) is 4.31.